The zero-order valence-electron chi connectivity index (χ0n) is 5.18. The predicted molar refractivity (Wildman–Crippen MR) is 34.2 cm³/mol. The maximum atomic E-state index is 11.2. The third-order valence-corrected chi connectivity index (χ3v) is 0.895. The third-order valence-electron chi connectivity index (χ3n) is 0.569. The van der Waals surface area contributed by atoms with Crippen LogP contribution in [0.25, 0.3) is 0 Å². The fourth-order valence-electron chi connectivity index (χ4n) is 0.360. The van der Waals surface area contributed by atoms with Gasteiger partial charge in [-0.05, 0) is 13.8 Å². The highest BCUT2D eigenvalue weighted by Crippen LogP contribution is 2.09. The normalized spacial score (nSPS) is 11.2. The Kier molecular flexibility index (Phi) is 4.13. The summed E-state index contributed by atoms with van der Waals surface area (Å²) in [7, 11) is 0. The van der Waals surface area contributed by atoms with E-state index in [1.807, 2.05) is 0 Å². The van der Waals surface area contributed by atoms with E-state index in [0.717, 1.165) is 0 Å². The number of rotatable bonds is 3. The van der Waals surface area contributed by atoms with Crippen molar-refractivity contribution in [2.45, 2.75) is 13.8 Å². The van der Waals surface area contributed by atoms with Gasteiger partial charge >= 0.3 is 0 Å². The van der Waals surface area contributed by atoms with E-state index in [1.54, 1.807) is 0 Å². The molecule has 0 unspecified atom stereocenters. The minimum Gasteiger partial charge on any atom is -0.402 e. The maximum Gasteiger partial charge on any atom is 0.271 e. The molecule has 0 amide bonds. The molecule has 0 aliphatic heterocycles. The molecule has 0 aliphatic rings. The molecule has 0 saturated carbocycles. The molecule has 0 aromatic rings. The second-order valence-electron chi connectivity index (χ2n) is 1.51. The van der Waals surface area contributed by atoms with Crippen molar-refractivity contribution in [1.29, 1.82) is 0 Å². The van der Waals surface area contributed by atoms with Crippen LogP contribution in [0.4, 0.5) is 3.89 Å². The Labute approximate surface area is 57.6 Å². The Morgan fingerprint density at radius 1 is 1.67 bits per heavy atom. The highest BCUT2D eigenvalue weighted by atomic mass is 32.2. The largest absolute Gasteiger partial charge is 0.402 e. The summed E-state index contributed by atoms with van der Waals surface area (Å²) in [6, 6.07) is 0. The van der Waals surface area contributed by atoms with E-state index in [1.165, 1.54) is 19.9 Å². The van der Waals surface area contributed by atoms with Crippen LogP contribution in [0.15, 0.2) is 11.8 Å². The lowest BCUT2D eigenvalue weighted by molar-refractivity contribution is -0.112. The van der Waals surface area contributed by atoms with Crippen molar-refractivity contribution in [3.63, 3.8) is 0 Å². The molecule has 0 aliphatic carbocycles. The first-order valence-electron chi connectivity index (χ1n) is 2.31. The molecule has 0 radical (unpaired) electrons. The lowest BCUT2D eigenvalue weighted by Crippen LogP contribution is -1.84. The van der Waals surface area contributed by atoms with Crippen molar-refractivity contribution in [3.8, 4) is 0 Å². The summed E-state index contributed by atoms with van der Waals surface area (Å²) in [6.45, 7) is 2.88. The lowest BCUT2D eigenvalue weighted by atomic mass is 10.4. The van der Waals surface area contributed by atoms with Crippen LogP contribution in [0.1, 0.15) is 13.8 Å². The first-order valence-corrected chi connectivity index (χ1v) is 2.95. The molecule has 0 N–H and O–H groups in total. The van der Waals surface area contributed by atoms with E-state index in [4.69, 9.17) is 0 Å². The van der Waals surface area contributed by atoms with Crippen LogP contribution in [-0.2, 0) is 8.98 Å². The van der Waals surface area contributed by atoms with Crippen LogP contribution >= 0.6 is 12.4 Å². The van der Waals surface area contributed by atoms with Gasteiger partial charge in [0, 0.05) is 6.08 Å². The third kappa shape index (κ3) is 5.36. The van der Waals surface area contributed by atoms with Crippen LogP contribution in [0.3, 0.4) is 0 Å². The molecule has 0 aromatic heterocycles. The average Bonchev–Trinajstić information content (AvgIpc) is 1.63. The van der Waals surface area contributed by atoms with Gasteiger partial charge in [-0.2, -0.15) is 0 Å². The molecule has 0 rings (SSSR count). The first-order chi connectivity index (χ1) is 4.16. The van der Waals surface area contributed by atoms with E-state index in [0.29, 0.717) is 0 Å². The summed E-state index contributed by atoms with van der Waals surface area (Å²) >= 11 is -0.269. The van der Waals surface area contributed by atoms with Crippen molar-refractivity contribution < 1.29 is 12.9 Å². The van der Waals surface area contributed by atoms with Gasteiger partial charge < -0.3 is 4.18 Å². The lowest BCUT2D eigenvalue weighted by Gasteiger charge is -1.93. The van der Waals surface area contributed by atoms with Crippen LogP contribution in [0.2, 0.25) is 0 Å². The number of carbonyl (C=O) groups excluding carboxylic acids is 1. The van der Waals surface area contributed by atoms with Gasteiger partial charge in [0.15, 0.2) is 5.78 Å². The first kappa shape index (κ1) is 8.49. The van der Waals surface area contributed by atoms with Gasteiger partial charge in [-0.1, -0.05) is 0 Å². The predicted octanol–water partition coefficient (Wildman–Crippen LogP) is 2.03. The SMILES string of the molecule is CC(=O)/C=C(/C)OSF. The minimum atomic E-state index is -0.269. The van der Waals surface area contributed by atoms with Crippen molar-refractivity contribution in [1.82, 2.24) is 0 Å². The Bertz CT molecular complexity index is 133. The van der Waals surface area contributed by atoms with Gasteiger partial charge in [0.25, 0.3) is 12.4 Å². The van der Waals surface area contributed by atoms with Gasteiger partial charge in [0.2, 0.25) is 0 Å². The van der Waals surface area contributed by atoms with E-state index in [2.05, 4.69) is 4.18 Å². The zero-order chi connectivity index (χ0) is 7.28. The van der Waals surface area contributed by atoms with E-state index < -0.39 is 0 Å². The molecule has 2 nitrogen and oxygen atoms in total. The van der Waals surface area contributed by atoms with Crippen molar-refractivity contribution in [3.05, 3.63) is 11.8 Å². The molecule has 0 fully saturated rings. The van der Waals surface area contributed by atoms with E-state index in [-0.39, 0.29) is 24.0 Å². The number of halogens is 1. The fraction of sp³-hybridized carbons (Fsp3) is 0.400. The molecule has 4 heteroatoms. The fourth-order valence-corrected chi connectivity index (χ4v) is 0.507. The summed E-state index contributed by atoms with van der Waals surface area (Å²) in [6.07, 6.45) is 1.21. The minimum absolute atomic E-state index is 0.151. The quantitative estimate of drug-likeness (QED) is 0.350. The van der Waals surface area contributed by atoms with Crippen molar-refractivity contribution in [2.75, 3.05) is 0 Å². The second kappa shape index (κ2) is 4.38. The molecular formula is C5H7FO2S. The molecule has 0 aromatic carbocycles. The molecule has 9 heavy (non-hydrogen) atoms. The van der Waals surface area contributed by atoms with E-state index >= 15 is 0 Å². The van der Waals surface area contributed by atoms with Gasteiger partial charge in [-0.3, -0.25) is 4.79 Å². The number of ketones is 1. The Hall–Kier alpha value is -0.510. The molecule has 0 atom stereocenters. The van der Waals surface area contributed by atoms with E-state index in [9.17, 15) is 8.68 Å². The summed E-state index contributed by atoms with van der Waals surface area (Å²) in [5, 5.41) is 0. The molecule has 0 saturated heterocycles. The standard InChI is InChI=1S/C5H7FO2S/c1-4(7)3-5(2)8-9-6/h3H,1-2H3/b5-3-. The summed E-state index contributed by atoms with van der Waals surface area (Å²) < 4.78 is 15.5. The van der Waals surface area contributed by atoms with Gasteiger partial charge in [0.05, 0.1) is 0 Å². The van der Waals surface area contributed by atoms with Gasteiger partial charge in [-0.15, -0.1) is 3.89 Å². The van der Waals surface area contributed by atoms with Gasteiger partial charge in [-0.25, -0.2) is 0 Å². The Balaban J connectivity index is 3.69. The average molecular weight is 150 g/mol. The summed E-state index contributed by atoms with van der Waals surface area (Å²) in [4.78, 5) is 10.2. The van der Waals surface area contributed by atoms with Crippen LogP contribution in [-0.4, -0.2) is 5.78 Å². The van der Waals surface area contributed by atoms with Crippen LogP contribution < -0.4 is 0 Å². The maximum absolute atomic E-state index is 11.2. The van der Waals surface area contributed by atoms with Crippen molar-refractivity contribution in [2.24, 2.45) is 0 Å². The second-order valence-corrected chi connectivity index (χ2v) is 1.80. The molecular weight excluding hydrogens is 143 g/mol. The number of hydrogen-bond donors (Lipinski definition) is 0. The topological polar surface area (TPSA) is 26.3 Å². The van der Waals surface area contributed by atoms with Crippen LogP contribution in [0, 0.1) is 0 Å². The zero-order valence-corrected chi connectivity index (χ0v) is 6.00. The molecule has 0 spiro atoms. The smallest absolute Gasteiger partial charge is 0.271 e. The highest BCUT2D eigenvalue weighted by molar-refractivity contribution is 7.89. The van der Waals surface area contributed by atoms with Crippen LogP contribution in [0.5, 0.6) is 0 Å². The summed E-state index contributed by atoms with van der Waals surface area (Å²) in [5.41, 5.74) is 0. The number of hydrogen-bond acceptors (Lipinski definition) is 3. The van der Waals surface area contributed by atoms with Crippen molar-refractivity contribution >= 4 is 18.2 Å². The molecule has 0 heterocycles. The number of allylic oxidation sites excluding steroid dienone is 2. The Morgan fingerprint density at radius 3 is 2.56 bits per heavy atom. The Morgan fingerprint density at radius 2 is 2.22 bits per heavy atom. The van der Waals surface area contributed by atoms with Gasteiger partial charge in [0.1, 0.15) is 5.76 Å². The highest BCUT2D eigenvalue weighted by Gasteiger charge is 1.91. The number of carbonyl (C=O) groups is 1. The summed E-state index contributed by atoms with van der Waals surface area (Å²) in [5.74, 6) is 0.122. The molecule has 0 bridgehead atoms. The monoisotopic (exact) mass is 150 g/mol. The molecule has 52 valence electrons.